The Morgan fingerprint density at radius 3 is 2.33 bits per heavy atom. The first-order valence-electron chi connectivity index (χ1n) is 7.83. The predicted octanol–water partition coefficient (Wildman–Crippen LogP) is 4.96. The fourth-order valence-corrected chi connectivity index (χ4v) is 4.29. The van der Waals surface area contributed by atoms with E-state index in [0.29, 0.717) is 11.7 Å². The van der Waals surface area contributed by atoms with E-state index in [1.807, 2.05) is 12.1 Å². The van der Waals surface area contributed by atoms with Crippen LogP contribution in [-0.2, 0) is 0 Å². The average Bonchev–Trinajstić information content (AvgIpc) is 2.53. The molecule has 0 N–H and O–H groups in total. The molecule has 2 nitrogen and oxygen atoms in total. The van der Waals surface area contributed by atoms with E-state index in [-0.39, 0.29) is 11.3 Å². The van der Waals surface area contributed by atoms with E-state index in [1.165, 1.54) is 37.7 Å². The molecule has 1 aliphatic rings. The minimum Gasteiger partial charge on any atom is -0.497 e. The number of hydrogen-bond donors (Lipinski definition) is 1. The topological polar surface area (TPSA) is 33.0 Å². The number of hydrogen-bond acceptors (Lipinski definition) is 3. The summed E-state index contributed by atoms with van der Waals surface area (Å²) in [7, 11) is 1.68. The van der Waals surface area contributed by atoms with Crippen molar-refractivity contribution < 1.29 is 4.74 Å². The predicted molar refractivity (Wildman–Crippen MR) is 89.9 cm³/mol. The lowest BCUT2D eigenvalue weighted by molar-refractivity contribution is 0.145. The van der Waals surface area contributed by atoms with Gasteiger partial charge in [0.25, 0.3) is 0 Å². The van der Waals surface area contributed by atoms with Crippen LogP contribution >= 0.6 is 12.6 Å². The second kappa shape index (κ2) is 7.22. The highest BCUT2D eigenvalue weighted by molar-refractivity contribution is 7.81. The maximum Gasteiger partial charge on any atom is 0.118 e. The lowest BCUT2D eigenvalue weighted by Crippen LogP contribution is -2.38. The highest BCUT2D eigenvalue weighted by Crippen LogP contribution is 2.52. The van der Waals surface area contributed by atoms with Gasteiger partial charge in [-0.2, -0.15) is 17.9 Å². The zero-order chi connectivity index (χ0) is 15.3. The van der Waals surface area contributed by atoms with Crippen molar-refractivity contribution in [1.82, 2.24) is 0 Å². The van der Waals surface area contributed by atoms with Crippen LogP contribution in [0.4, 0.5) is 0 Å². The van der Waals surface area contributed by atoms with Crippen LogP contribution in [0, 0.1) is 16.7 Å². The van der Waals surface area contributed by atoms with Crippen LogP contribution in [0.5, 0.6) is 5.75 Å². The Bertz CT molecular complexity index is 483. The maximum atomic E-state index is 9.33. The number of thiol groups is 1. The zero-order valence-electron chi connectivity index (χ0n) is 13.0. The van der Waals surface area contributed by atoms with Gasteiger partial charge in [0.15, 0.2) is 0 Å². The zero-order valence-corrected chi connectivity index (χ0v) is 13.9. The van der Waals surface area contributed by atoms with Crippen molar-refractivity contribution in [3.05, 3.63) is 29.8 Å². The van der Waals surface area contributed by atoms with Crippen molar-refractivity contribution in [3.8, 4) is 11.8 Å². The molecule has 1 saturated carbocycles. The lowest BCUT2D eigenvalue weighted by Gasteiger charge is -2.46. The molecule has 0 bridgehead atoms. The first-order chi connectivity index (χ1) is 10.1. The minimum atomic E-state index is 0.145. The van der Waals surface area contributed by atoms with Gasteiger partial charge in [0, 0.05) is 17.6 Å². The van der Waals surface area contributed by atoms with Crippen molar-refractivity contribution >= 4 is 12.6 Å². The van der Waals surface area contributed by atoms with Gasteiger partial charge in [-0.3, -0.25) is 0 Å². The van der Waals surface area contributed by atoms with Crippen LogP contribution in [0.1, 0.15) is 56.9 Å². The number of rotatable bonds is 5. The second-order valence-electron chi connectivity index (χ2n) is 6.16. The number of nitriles is 1. The summed E-state index contributed by atoms with van der Waals surface area (Å²) in [6.45, 7) is 2.20. The van der Waals surface area contributed by atoms with Crippen LogP contribution < -0.4 is 4.74 Å². The standard InChI is InChI=1S/C18H25NOS/c1-14(21)18(11-4-3-5-12-18)17(10-13-19)15-6-8-16(20-2)9-7-15/h6-9,14,17,21H,3-5,10-12H2,1-2H3/t14-,17?/m1/s1. The Kier molecular flexibility index (Phi) is 5.58. The summed E-state index contributed by atoms with van der Waals surface area (Å²) in [4.78, 5) is 0. The molecule has 0 radical (unpaired) electrons. The molecule has 3 heteroatoms. The molecular formula is C18H25NOS. The van der Waals surface area contributed by atoms with Crippen LogP contribution in [0.15, 0.2) is 24.3 Å². The summed E-state index contributed by atoms with van der Waals surface area (Å²) in [5.74, 6) is 1.13. The molecular weight excluding hydrogens is 278 g/mol. The van der Waals surface area contributed by atoms with Gasteiger partial charge in [-0.05, 0) is 36.0 Å². The smallest absolute Gasteiger partial charge is 0.118 e. The van der Waals surface area contributed by atoms with Gasteiger partial charge in [-0.1, -0.05) is 38.3 Å². The summed E-state index contributed by atoms with van der Waals surface area (Å²) < 4.78 is 5.25. The highest BCUT2D eigenvalue weighted by atomic mass is 32.1. The van der Waals surface area contributed by atoms with Crippen LogP contribution in [0.3, 0.4) is 0 Å². The van der Waals surface area contributed by atoms with Gasteiger partial charge in [0.05, 0.1) is 13.2 Å². The molecule has 1 aromatic rings. The van der Waals surface area contributed by atoms with E-state index in [4.69, 9.17) is 17.4 Å². The van der Waals surface area contributed by atoms with Crippen molar-refractivity contribution in [2.24, 2.45) is 5.41 Å². The molecule has 1 unspecified atom stereocenters. The monoisotopic (exact) mass is 303 g/mol. The fraction of sp³-hybridized carbons (Fsp3) is 0.611. The van der Waals surface area contributed by atoms with Gasteiger partial charge >= 0.3 is 0 Å². The molecule has 1 aliphatic carbocycles. The van der Waals surface area contributed by atoms with Gasteiger partial charge in [0.1, 0.15) is 5.75 Å². The van der Waals surface area contributed by atoms with Crippen molar-refractivity contribution in [2.75, 3.05) is 7.11 Å². The van der Waals surface area contributed by atoms with Crippen molar-refractivity contribution in [2.45, 2.75) is 56.6 Å². The Morgan fingerprint density at radius 2 is 1.86 bits per heavy atom. The number of nitrogens with zero attached hydrogens (tertiary/aromatic N) is 1. The molecule has 114 valence electrons. The SMILES string of the molecule is COc1ccc(C(CC#N)C2([C@@H](C)S)CCCCC2)cc1. The first kappa shape index (κ1) is 16.2. The van der Waals surface area contributed by atoms with E-state index in [9.17, 15) is 5.26 Å². The molecule has 1 aromatic carbocycles. The van der Waals surface area contributed by atoms with Crippen LogP contribution in [0.25, 0.3) is 0 Å². The summed E-state index contributed by atoms with van der Waals surface area (Å²) in [5.41, 5.74) is 1.39. The molecule has 0 aromatic heterocycles. The quantitative estimate of drug-likeness (QED) is 0.780. The summed E-state index contributed by atoms with van der Waals surface area (Å²) in [5, 5.41) is 9.63. The van der Waals surface area contributed by atoms with E-state index in [0.717, 1.165) is 5.75 Å². The number of methoxy groups -OCH3 is 1. The van der Waals surface area contributed by atoms with Gasteiger partial charge in [-0.25, -0.2) is 0 Å². The first-order valence-corrected chi connectivity index (χ1v) is 8.34. The number of ether oxygens (including phenoxy) is 1. The molecule has 0 saturated heterocycles. The Balaban J connectivity index is 2.37. The van der Waals surface area contributed by atoms with E-state index in [1.54, 1.807) is 7.11 Å². The molecule has 2 atom stereocenters. The summed E-state index contributed by atoms with van der Waals surface area (Å²) in [6.07, 6.45) is 6.74. The number of benzene rings is 1. The summed E-state index contributed by atoms with van der Waals surface area (Å²) >= 11 is 4.81. The third kappa shape index (κ3) is 3.37. The van der Waals surface area contributed by atoms with Crippen LogP contribution in [0.2, 0.25) is 0 Å². The molecule has 0 spiro atoms. The Labute approximate surface area is 133 Å². The largest absolute Gasteiger partial charge is 0.497 e. The Hall–Kier alpha value is -1.14. The van der Waals surface area contributed by atoms with Crippen molar-refractivity contribution in [1.29, 1.82) is 5.26 Å². The molecule has 21 heavy (non-hydrogen) atoms. The molecule has 0 aliphatic heterocycles. The van der Waals surface area contributed by atoms with E-state index < -0.39 is 0 Å². The van der Waals surface area contributed by atoms with Gasteiger partial charge in [0.2, 0.25) is 0 Å². The van der Waals surface area contributed by atoms with E-state index in [2.05, 4.69) is 25.1 Å². The highest BCUT2D eigenvalue weighted by Gasteiger charge is 2.43. The fourth-order valence-electron chi connectivity index (χ4n) is 3.85. The van der Waals surface area contributed by atoms with Crippen molar-refractivity contribution in [3.63, 3.8) is 0 Å². The van der Waals surface area contributed by atoms with Gasteiger partial charge < -0.3 is 4.74 Å². The summed E-state index contributed by atoms with van der Waals surface area (Å²) in [6, 6.07) is 10.6. The van der Waals surface area contributed by atoms with Crippen LogP contribution in [-0.4, -0.2) is 12.4 Å². The third-order valence-electron chi connectivity index (χ3n) is 5.12. The Morgan fingerprint density at radius 1 is 1.24 bits per heavy atom. The molecule has 0 amide bonds. The molecule has 2 rings (SSSR count). The van der Waals surface area contributed by atoms with E-state index >= 15 is 0 Å². The third-order valence-corrected chi connectivity index (χ3v) is 5.64. The lowest BCUT2D eigenvalue weighted by atomic mass is 9.61. The normalized spacial score (nSPS) is 20.3. The minimum absolute atomic E-state index is 0.145. The molecule has 1 fully saturated rings. The average molecular weight is 303 g/mol. The maximum absolute atomic E-state index is 9.33. The van der Waals surface area contributed by atoms with Gasteiger partial charge in [-0.15, -0.1) is 0 Å². The second-order valence-corrected chi connectivity index (χ2v) is 6.93. The molecule has 0 heterocycles.